The van der Waals surface area contributed by atoms with Crippen molar-refractivity contribution in [1.82, 2.24) is 5.32 Å². The second-order valence-electron chi connectivity index (χ2n) is 4.50. The number of amides is 1. The molecule has 1 heterocycles. The highest BCUT2D eigenvalue weighted by Gasteiger charge is 2.02. The molecule has 0 spiro atoms. The lowest BCUT2D eigenvalue weighted by molar-refractivity contribution is -0.121. The summed E-state index contributed by atoms with van der Waals surface area (Å²) in [6.45, 7) is 0.766. The molecule has 1 amide bonds. The fourth-order valence-corrected chi connectivity index (χ4v) is 3.36. The predicted octanol–water partition coefficient (Wildman–Crippen LogP) is 3.98. The predicted molar refractivity (Wildman–Crippen MR) is 87.4 cm³/mol. The normalized spacial score (nSPS) is 10.4. The molecular weight excluding hydrogens is 286 g/mol. The van der Waals surface area contributed by atoms with Crippen LogP contribution in [0.4, 0.5) is 0 Å². The number of carbonyl (C=O) groups excluding carboxylic acids is 1. The van der Waals surface area contributed by atoms with E-state index in [0.717, 1.165) is 25.1 Å². The van der Waals surface area contributed by atoms with E-state index in [4.69, 9.17) is 0 Å². The summed E-state index contributed by atoms with van der Waals surface area (Å²) in [7, 11) is 0. The van der Waals surface area contributed by atoms with Crippen molar-refractivity contribution in [3.63, 3.8) is 0 Å². The van der Waals surface area contributed by atoms with Crippen LogP contribution in [0.3, 0.4) is 0 Å². The van der Waals surface area contributed by atoms with Gasteiger partial charge in [0.1, 0.15) is 0 Å². The summed E-state index contributed by atoms with van der Waals surface area (Å²) in [6, 6.07) is 12.4. The van der Waals surface area contributed by atoms with Gasteiger partial charge in [0.25, 0.3) is 0 Å². The summed E-state index contributed by atoms with van der Waals surface area (Å²) in [4.78, 5) is 12.9. The van der Waals surface area contributed by atoms with E-state index in [-0.39, 0.29) is 5.91 Å². The van der Waals surface area contributed by atoms with E-state index in [0.29, 0.717) is 6.42 Å². The van der Waals surface area contributed by atoms with Crippen LogP contribution >= 0.6 is 23.1 Å². The number of hydrogen-bond acceptors (Lipinski definition) is 3. The zero-order chi connectivity index (χ0) is 14.0. The van der Waals surface area contributed by atoms with E-state index < -0.39 is 0 Å². The SMILES string of the molecule is O=C(CCc1ccsc1)NCCCSc1ccccc1. The Balaban J connectivity index is 1.51. The Hall–Kier alpha value is -1.26. The second kappa shape index (κ2) is 8.82. The first-order valence-corrected chi connectivity index (χ1v) is 8.73. The molecule has 20 heavy (non-hydrogen) atoms. The molecule has 1 aromatic carbocycles. The number of nitrogens with one attached hydrogen (secondary N) is 1. The smallest absolute Gasteiger partial charge is 0.220 e. The minimum absolute atomic E-state index is 0.154. The monoisotopic (exact) mass is 305 g/mol. The maximum absolute atomic E-state index is 11.7. The molecule has 0 saturated carbocycles. The van der Waals surface area contributed by atoms with E-state index in [1.165, 1.54) is 10.5 Å². The lowest BCUT2D eigenvalue weighted by Crippen LogP contribution is -2.24. The summed E-state index contributed by atoms with van der Waals surface area (Å²) in [5.74, 6) is 1.19. The maximum Gasteiger partial charge on any atom is 0.220 e. The van der Waals surface area contributed by atoms with E-state index in [1.54, 1.807) is 11.3 Å². The zero-order valence-electron chi connectivity index (χ0n) is 11.4. The van der Waals surface area contributed by atoms with E-state index in [9.17, 15) is 4.79 Å². The van der Waals surface area contributed by atoms with E-state index in [1.807, 2.05) is 23.2 Å². The average molecular weight is 305 g/mol. The molecule has 0 aliphatic carbocycles. The molecule has 0 unspecified atom stereocenters. The molecule has 0 saturated heterocycles. The molecule has 1 N–H and O–H groups in total. The molecule has 0 fully saturated rings. The van der Waals surface area contributed by atoms with Gasteiger partial charge in [-0.25, -0.2) is 0 Å². The lowest BCUT2D eigenvalue weighted by Gasteiger charge is -2.05. The quantitative estimate of drug-likeness (QED) is 0.590. The fourth-order valence-electron chi connectivity index (χ4n) is 1.79. The third-order valence-electron chi connectivity index (χ3n) is 2.88. The third-order valence-corrected chi connectivity index (χ3v) is 4.71. The van der Waals surface area contributed by atoms with Gasteiger partial charge in [-0.3, -0.25) is 4.79 Å². The van der Waals surface area contributed by atoms with Gasteiger partial charge < -0.3 is 5.32 Å². The summed E-state index contributed by atoms with van der Waals surface area (Å²) >= 11 is 3.51. The van der Waals surface area contributed by atoms with Crippen LogP contribution in [-0.2, 0) is 11.2 Å². The average Bonchev–Trinajstić information content (AvgIpc) is 2.99. The number of aryl methyl sites for hydroxylation is 1. The van der Waals surface area contributed by atoms with Crippen molar-refractivity contribution in [3.8, 4) is 0 Å². The van der Waals surface area contributed by atoms with Gasteiger partial charge in [0.05, 0.1) is 0 Å². The van der Waals surface area contributed by atoms with Gasteiger partial charge in [-0.2, -0.15) is 11.3 Å². The number of thiophene rings is 1. The van der Waals surface area contributed by atoms with Crippen LogP contribution in [-0.4, -0.2) is 18.2 Å². The Labute approximate surface area is 128 Å². The largest absolute Gasteiger partial charge is 0.356 e. The Bertz CT molecular complexity index is 496. The van der Waals surface area contributed by atoms with Crippen molar-refractivity contribution >= 4 is 29.0 Å². The topological polar surface area (TPSA) is 29.1 Å². The molecule has 0 aliphatic rings. The number of thioether (sulfide) groups is 1. The number of carbonyl (C=O) groups is 1. The summed E-state index contributed by atoms with van der Waals surface area (Å²) in [5.41, 5.74) is 1.25. The molecule has 4 heteroatoms. The van der Waals surface area contributed by atoms with Crippen molar-refractivity contribution in [2.75, 3.05) is 12.3 Å². The zero-order valence-corrected chi connectivity index (χ0v) is 13.0. The minimum Gasteiger partial charge on any atom is -0.356 e. The molecule has 106 valence electrons. The molecule has 0 radical (unpaired) electrons. The van der Waals surface area contributed by atoms with Gasteiger partial charge in [-0.1, -0.05) is 18.2 Å². The fraction of sp³-hybridized carbons (Fsp3) is 0.312. The van der Waals surface area contributed by atoms with Crippen LogP contribution in [0.2, 0.25) is 0 Å². The van der Waals surface area contributed by atoms with Crippen LogP contribution in [0.25, 0.3) is 0 Å². The molecule has 0 bridgehead atoms. The number of hydrogen-bond donors (Lipinski definition) is 1. The third kappa shape index (κ3) is 5.80. The van der Waals surface area contributed by atoms with Crippen LogP contribution in [0.5, 0.6) is 0 Å². The Morgan fingerprint density at radius 3 is 2.80 bits per heavy atom. The van der Waals surface area contributed by atoms with Crippen molar-refractivity contribution in [3.05, 3.63) is 52.7 Å². The standard InChI is InChI=1S/C16H19NOS2/c18-16(8-7-14-9-12-19-13-14)17-10-4-11-20-15-5-2-1-3-6-15/h1-3,5-6,9,12-13H,4,7-8,10-11H2,(H,17,18). The van der Waals surface area contributed by atoms with Gasteiger partial charge in [0.15, 0.2) is 0 Å². The summed E-state index contributed by atoms with van der Waals surface area (Å²) in [6.07, 6.45) is 2.43. The lowest BCUT2D eigenvalue weighted by atomic mass is 10.2. The van der Waals surface area contributed by atoms with Crippen molar-refractivity contribution in [2.24, 2.45) is 0 Å². The van der Waals surface area contributed by atoms with Crippen molar-refractivity contribution < 1.29 is 4.79 Å². The van der Waals surface area contributed by atoms with Gasteiger partial charge in [0.2, 0.25) is 5.91 Å². The Kier molecular flexibility index (Phi) is 6.68. The first kappa shape index (κ1) is 15.1. The first-order valence-electron chi connectivity index (χ1n) is 6.80. The maximum atomic E-state index is 11.7. The van der Waals surface area contributed by atoms with Gasteiger partial charge >= 0.3 is 0 Å². The Morgan fingerprint density at radius 2 is 2.05 bits per heavy atom. The van der Waals surface area contributed by atoms with Crippen LogP contribution in [0, 0.1) is 0 Å². The number of benzene rings is 1. The first-order chi connectivity index (χ1) is 9.84. The van der Waals surface area contributed by atoms with Crippen molar-refractivity contribution in [2.45, 2.75) is 24.2 Å². The minimum atomic E-state index is 0.154. The second-order valence-corrected chi connectivity index (χ2v) is 6.44. The van der Waals surface area contributed by atoms with Crippen LogP contribution in [0.1, 0.15) is 18.4 Å². The Morgan fingerprint density at radius 1 is 1.20 bits per heavy atom. The summed E-state index contributed by atoms with van der Waals surface area (Å²) < 4.78 is 0. The van der Waals surface area contributed by atoms with Gasteiger partial charge in [-0.15, -0.1) is 11.8 Å². The highest BCUT2D eigenvalue weighted by atomic mass is 32.2. The van der Waals surface area contributed by atoms with Gasteiger partial charge in [0, 0.05) is 17.9 Å². The molecule has 2 aromatic rings. The summed E-state index contributed by atoms with van der Waals surface area (Å²) in [5, 5.41) is 7.13. The van der Waals surface area contributed by atoms with E-state index in [2.05, 4.69) is 41.0 Å². The molecule has 0 atom stereocenters. The van der Waals surface area contributed by atoms with Gasteiger partial charge in [-0.05, 0) is 53.1 Å². The van der Waals surface area contributed by atoms with Crippen LogP contribution < -0.4 is 5.32 Å². The van der Waals surface area contributed by atoms with Crippen molar-refractivity contribution in [1.29, 1.82) is 0 Å². The highest BCUT2D eigenvalue weighted by Crippen LogP contribution is 2.17. The van der Waals surface area contributed by atoms with Crippen LogP contribution in [0.15, 0.2) is 52.1 Å². The number of rotatable bonds is 8. The molecule has 1 aromatic heterocycles. The molecule has 2 rings (SSSR count). The highest BCUT2D eigenvalue weighted by molar-refractivity contribution is 7.99. The molecule has 0 aliphatic heterocycles. The molecular formula is C16H19NOS2. The molecule has 2 nitrogen and oxygen atoms in total. The van der Waals surface area contributed by atoms with E-state index >= 15 is 0 Å².